The first-order chi connectivity index (χ1) is 8.86. The zero-order valence-corrected chi connectivity index (χ0v) is 10.4. The third kappa shape index (κ3) is 1.90. The topological polar surface area (TPSA) is 15.6 Å². The lowest BCUT2D eigenvalue weighted by Gasteiger charge is -2.25. The van der Waals surface area contributed by atoms with Crippen molar-refractivity contribution in [2.75, 3.05) is 7.05 Å². The highest BCUT2D eigenvalue weighted by atomic mass is 15.5. The lowest BCUT2D eigenvalue weighted by molar-refractivity contribution is 0.274. The summed E-state index contributed by atoms with van der Waals surface area (Å²) in [6, 6.07) is 21.4. The fourth-order valence-electron chi connectivity index (χ4n) is 2.58. The van der Waals surface area contributed by atoms with E-state index in [2.05, 4.69) is 65.8 Å². The van der Waals surface area contributed by atoms with Crippen molar-refractivity contribution >= 4 is 6.21 Å². The summed E-state index contributed by atoms with van der Waals surface area (Å²) in [5.41, 5.74) is 2.63. The van der Waals surface area contributed by atoms with Crippen LogP contribution in [0.1, 0.15) is 23.1 Å². The summed E-state index contributed by atoms with van der Waals surface area (Å²) < 4.78 is 0. The number of hydrazone groups is 1. The molecule has 2 nitrogen and oxygen atoms in total. The third-order valence-electron chi connectivity index (χ3n) is 3.48. The average molecular weight is 236 g/mol. The maximum atomic E-state index is 4.46. The van der Waals surface area contributed by atoms with E-state index in [9.17, 15) is 0 Å². The maximum absolute atomic E-state index is 4.46. The van der Waals surface area contributed by atoms with Gasteiger partial charge in [0.1, 0.15) is 0 Å². The summed E-state index contributed by atoms with van der Waals surface area (Å²) in [6.07, 6.45) is 2.05. The van der Waals surface area contributed by atoms with Crippen LogP contribution in [0.3, 0.4) is 0 Å². The van der Waals surface area contributed by atoms with Crippen molar-refractivity contribution in [3.8, 4) is 0 Å². The molecular formula is C16H16N2. The van der Waals surface area contributed by atoms with Gasteiger partial charge in [-0.3, -0.25) is 5.01 Å². The Morgan fingerprint density at radius 3 is 2.00 bits per heavy atom. The molecule has 0 radical (unpaired) electrons. The van der Waals surface area contributed by atoms with Crippen molar-refractivity contribution in [2.24, 2.45) is 5.10 Å². The minimum absolute atomic E-state index is 0.300. The monoisotopic (exact) mass is 236 g/mol. The van der Waals surface area contributed by atoms with Crippen molar-refractivity contribution in [1.29, 1.82) is 0 Å². The first kappa shape index (κ1) is 11.0. The fourth-order valence-corrected chi connectivity index (χ4v) is 2.58. The Labute approximate surface area is 108 Å². The molecule has 0 aliphatic carbocycles. The second kappa shape index (κ2) is 4.65. The predicted molar refractivity (Wildman–Crippen MR) is 74.6 cm³/mol. The number of nitrogens with zero attached hydrogens (tertiary/aromatic N) is 2. The number of benzene rings is 2. The Bertz CT molecular complexity index is 534. The molecule has 18 heavy (non-hydrogen) atoms. The Hall–Kier alpha value is -2.09. The Morgan fingerprint density at radius 1 is 0.833 bits per heavy atom. The van der Waals surface area contributed by atoms with E-state index in [1.54, 1.807) is 0 Å². The first-order valence-electron chi connectivity index (χ1n) is 6.23. The standard InChI is InChI=1S/C16H16N2/c1-18-16(14-10-6-3-7-11-14)15(12-17-18)13-8-4-2-5-9-13/h2-12,15-16H,1H3. The van der Waals surface area contributed by atoms with E-state index in [0.29, 0.717) is 12.0 Å². The first-order valence-corrected chi connectivity index (χ1v) is 6.23. The highest BCUT2D eigenvalue weighted by molar-refractivity contribution is 5.71. The summed E-state index contributed by atoms with van der Waals surface area (Å²) >= 11 is 0. The molecule has 1 aliphatic rings. The minimum atomic E-state index is 0.300. The van der Waals surface area contributed by atoms with E-state index in [4.69, 9.17) is 0 Å². The van der Waals surface area contributed by atoms with Crippen molar-refractivity contribution in [3.63, 3.8) is 0 Å². The number of rotatable bonds is 2. The second-order valence-electron chi connectivity index (χ2n) is 4.63. The maximum Gasteiger partial charge on any atom is 0.0835 e. The van der Waals surface area contributed by atoms with Gasteiger partial charge >= 0.3 is 0 Å². The van der Waals surface area contributed by atoms with E-state index in [1.165, 1.54) is 11.1 Å². The molecule has 0 N–H and O–H groups in total. The minimum Gasteiger partial charge on any atom is -0.292 e. The summed E-state index contributed by atoms with van der Waals surface area (Å²) in [7, 11) is 2.04. The predicted octanol–water partition coefficient (Wildman–Crippen LogP) is 3.44. The highest BCUT2D eigenvalue weighted by Crippen LogP contribution is 2.37. The normalized spacial score (nSPS) is 22.4. The largest absolute Gasteiger partial charge is 0.292 e. The van der Waals surface area contributed by atoms with Crippen LogP contribution in [0, 0.1) is 0 Å². The molecule has 0 bridgehead atoms. The molecule has 2 aromatic rings. The van der Waals surface area contributed by atoms with Crippen molar-refractivity contribution < 1.29 is 0 Å². The van der Waals surface area contributed by atoms with E-state index in [0.717, 1.165) is 0 Å². The van der Waals surface area contributed by atoms with E-state index in [-0.39, 0.29) is 0 Å². The number of hydrogen-bond donors (Lipinski definition) is 0. The molecule has 2 heteroatoms. The van der Waals surface area contributed by atoms with Gasteiger partial charge in [0.05, 0.1) is 6.04 Å². The van der Waals surface area contributed by atoms with Gasteiger partial charge in [-0.05, 0) is 11.1 Å². The molecule has 0 saturated heterocycles. The van der Waals surface area contributed by atoms with E-state index < -0.39 is 0 Å². The van der Waals surface area contributed by atoms with Crippen LogP contribution in [0.4, 0.5) is 0 Å². The Balaban J connectivity index is 1.98. The van der Waals surface area contributed by atoms with Gasteiger partial charge in [0.25, 0.3) is 0 Å². The summed E-state index contributed by atoms with van der Waals surface area (Å²) in [4.78, 5) is 0. The van der Waals surface area contributed by atoms with Crippen molar-refractivity contribution in [1.82, 2.24) is 5.01 Å². The van der Waals surface area contributed by atoms with E-state index >= 15 is 0 Å². The molecule has 90 valence electrons. The molecule has 3 rings (SSSR count). The van der Waals surface area contributed by atoms with Gasteiger partial charge < -0.3 is 0 Å². The Kier molecular flexibility index (Phi) is 2.85. The van der Waals surface area contributed by atoms with Crippen LogP contribution in [0.2, 0.25) is 0 Å². The molecule has 2 atom stereocenters. The van der Waals surface area contributed by atoms with Gasteiger partial charge in [-0.2, -0.15) is 5.10 Å². The molecular weight excluding hydrogens is 220 g/mol. The van der Waals surface area contributed by atoms with Crippen LogP contribution in [0.25, 0.3) is 0 Å². The van der Waals surface area contributed by atoms with Crippen LogP contribution in [-0.4, -0.2) is 18.3 Å². The number of hydrogen-bond acceptors (Lipinski definition) is 2. The van der Waals surface area contributed by atoms with Crippen molar-refractivity contribution in [3.05, 3.63) is 71.8 Å². The van der Waals surface area contributed by atoms with Crippen LogP contribution in [-0.2, 0) is 0 Å². The fraction of sp³-hybridized carbons (Fsp3) is 0.188. The second-order valence-corrected chi connectivity index (χ2v) is 4.63. The van der Waals surface area contributed by atoms with Gasteiger partial charge in [0.2, 0.25) is 0 Å². The van der Waals surface area contributed by atoms with Crippen LogP contribution in [0.15, 0.2) is 65.8 Å². The lowest BCUT2D eigenvalue weighted by Crippen LogP contribution is -2.19. The van der Waals surface area contributed by atoms with Crippen molar-refractivity contribution in [2.45, 2.75) is 12.0 Å². The zero-order valence-electron chi connectivity index (χ0n) is 10.4. The lowest BCUT2D eigenvalue weighted by atomic mass is 9.89. The molecule has 1 heterocycles. The molecule has 2 aromatic carbocycles. The molecule has 0 saturated carbocycles. The summed E-state index contributed by atoms with van der Waals surface area (Å²) in [5, 5.41) is 6.51. The average Bonchev–Trinajstić information content (AvgIpc) is 2.83. The molecule has 0 spiro atoms. The smallest absolute Gasteiger partial charge is 0.0835 e. The Morgan fingerprint density at radius 2 is 1.39 bits per heavy atom. The third-order valence-corrected chi connectivity index (χ3v) is 3.48. The quantitative estimate of drug-likeness (QED) is 0.780. The molecule has 2 unspecified atom stereocenters. The van der Waals surface area contributed by atoms with Gasteiger partial charge in [0.15, 0.2) is 0 Å². The van der Waals surface area contributed by atoms with E-state index in [1.807, 2.05) is 18.3 Å². The zero-order chi connectivity index (χ0) is 12.4. The number of likely N-dealkylation sites (N-methyl/N-ethyl adjacent to an activating group) is 1. The van der Waals surface area contributed by atoms with Gasteiger partial charge in [-0.15, -0.1) is 0 Å². The van der Waals surface area contributed by atoms with Crippen LogP contribution >= 0.6 is 0 Å². The van der Waals surface area contributed by atoms with Crippen LogP contribution < -0.4 is 0 Å². The van der Waals surface area contributed by atoms with Crippen LogP contribution in [0.5, 0.6) is 0 Å². The van der Waals surface area contributed by atoms with Gasteiger partial charge in [-0.1, -0.05) is 60.7 Å². The van der Waals surface area contributed by atoms with Gasteiger partial charge in [0, 0.05) is 19.2 Å². The molecule has 0 fully saturated rings. The SMILES string of the molecule is CN1N=CC(c2ccccc2)C1c1ccccc1. The molecule has 1 aliphatic heterocycles. The summed E-state index contributed by atoms with van der Waals surface area (Å²) in [5.74, 6) is 0.332. The molecule has 0 aromatic heterocycles. The summed E-state index contributed by atoms with van der Waals surface area (Å²) in [6.45, 7) is 0. The van der Waals surface area contributed by atoms with Gasteiger partial charge in [-0.25, -0.2) is 0 Å². The highest BCUT2D eigenvalue weighted by Gasteiger charge is 2.30. The molecule has 0 amide bonds.